The Kier molecular flexibility index (Phi) is 3.78. The molecule has 3 heteroatoms. The SMILES string of the molecule is COc1c(C)cc(C(N)CCl)cc1C. The highest BCUT2D eigenvalue weighted by molar-refractivity contribution is 6.18. The summed E-state index contributed by atoms with van der Waals surface area (Å²) in [5.41, 5.74) is 9.12. The summed E-state index contributed by atoms with van der Waals surface area (Å²) in [5, 5.41) is 0. The van der Waals surface area contributed by atoms with Gasteiger partial charge in [0.1, 0.15) is 5.75 Å². The molecule has 0 aliphatic heterocycles. The van der Waals surface area contributed by atoms with Gasteiger partial charge in [-0.2, -0.15) is 0 Å². The van der Waals surface area contributed by atoms with Gasteiger partial charge in [0, 0.05) is 11.9 Å². The third kappa shape index (κ3) is 2.20. The van der Waals surface area contributed by atoms with Crippen molar-refractivity contribution in [3.8, 4) is 5.75 Å². The van der Waals surface area contributed by atoms with Crippen LogP contribution in [-0.2, 0) is 0 Å². The van der Waals surface area contributed by atoms with Gasteiger partial charge in [-0.1, -0.05) is 12.1 Å². The first kappa shape index (κ1) is 11.3. The van der Waals surface area contributed by atoms with Crippen molar-refractivity contribution in [2.75, 3.05) is 13.0 Å². The number of benzene rings is 1. The molecule has 0 aromatic heterocycles. The fourth-order valence-electron chi connectivity index (χ4n) is 1.61. The molecule has 0 bridgehead atoms. The van der Waals surface area contributed by atoms with Gasteiger partial charge < -0.3 is 10.5 Å². The Labute approximate surface area is 90.0 Å². The van der Waals surface area contributed by atoms with Crippen molar-refractivity contribution in [1.82, 2.24) is 0 Å². The third-order valence-corrected chi connectivity index (χ3v) is 2.61. The molecule has 2 nitrogen and oxygen atoms in total. The fourth-order valence-corrected chi connectivity index (χ4v) is 1.79. The topological polar surface area (TPSA) is 35.2 Å². The van der Waals surface area contributed by atoms with Crippen molar-refractivity contribution in [2.24, 2.45) is 5.73 Å². The van der Waals surface area contributed by atoms with Gasteiger partial charge in [0.05, 0.1) is 7.11 Å². The summed E-state index contributed by atoms with van der Waals surface area (Å²) in [7, 11) is 1.68. The average Bonchev–Trinajstić information content (AvgIpc) is 2.16. The largest absolute Gasteiger partial charge is 0.496 e. The van der Waals surface area contributed by atoms with Crippen LogP contribution in [0, 0.1) is 13.8 Å². The van der Waals surface area contributed by atoms with Gasteiger partial charge in [-0.3, -0.25) is 0 Å². The van der Waals surface area contributed by atoms with Crippen LogP contribution in [0.5, 0.6) is 5.75 Å². The molecule has 1 aromatic rings. The van der Waals surface area contributed by atoms with Crippen LogP contribution >= 0.6 is 11.6 Å². The zero-order valence-corrected chi connectivity index (χ0v) is 9.56. The first-order chi connectivity index (χ1) is 6.60. The highest BCUT2D eigenvalue weighted by Crippen LogP contribution is 2.26. The Morgan fingerprint density at radius 1 is 1.36 bits per heavy atom. The van der Waals surface area contributed by atoms with Crippen molar-refractivity contribution in [1.29, 1.82) is 0 Å². The molecule has 1 rings (SSSR count). The zero-order valence-electron chi connectivity index (χ0n) is 8.80. The number of halogens is 1. The molecule has 1 atom stereocenters. The van der Waals surface area contributed by atoms with Crippen molar-refractivity contribution in [3.05, 3.63) is 28.8 Å². The van der Waals surface area contributed by atoms with E-state index in [1.165, 1.54) is 0 Å². The Hall–Kier alpha value is -0.730. The number of hydrogen-bond donors (Lipinski definition) is 1. The molecule has 2 N–H and O–H groups in total. The van der Waals surface area contributed by atoms with Crippen molar-refractivity contribution in [2.45, 2.75) is 19.9 Å². The molecule has 0 amide bonds. The molecular weight excluding hydrogens is 198 g/mol. The number of hydrogen-bond acceptors (Lipinski definition) is 2. The predicted octanol–water partition coefficient (Wildman–Crippen LogP) is 2.55. The molecule has 0 fully saturated rings. The third-order valence-electron chi connectivity index (χ3n) is 2.28. The van der Waals surface area contributed by atoms with Crippen LogP contribution in [0.4, 0.5) is 0 Å². The van der Waals surface area contributed by atoms with Crippen molar-refractivity contribution >= 4 is 11.6 Å². The summed E-state index contributed by atoms with van der Waals surface area (Å²) in [6.07, 6.45) is 0. The molecular formula is C11H16ClNO. The molecule has 0 saturated heterocycles. The van der Waals surface area contributed by atoms with Gasteiger partial charge in [-0.05, 0) is 30.5 Å². The molecule has 0 heterocycles. The molecule has 0 radical (unpaired) electrons. The Morgan fingerprint density at radius 2 is 1.86 bits per heavy atom. The van der Waals surface area contributed by atoms with E-state index in [9.17, 15) is 0 Å². The molecule has 0 spiro atoms. The monoisotopic (exact) mass is 213 g/mol. The van der Waals surface area contributed by atoms with E-state index in [0.717, 1.165) is 22.4 Å². The van der Waals surface area contributed by atoms with Crippen LogP contribution in [0.1, 0.15) is 22.7 Å². The molecule has 0 saturated carbocycles. The van der Waals surface area contributed by atoms with Crippen LogP contribution in [-0.4, -0.2) is 13.0 Å². The van der Waals surface area contributed by atoms with E-state index in [-0.39, 0.29) is 6.04 Å². The van der Waals surface area contributed by atoms with E-state index in [1.807, 2.05) is 26.0 Å². The van der Waals surface area contributed by atoms with Gasteiger partial charge in [-0.25, -0.2) is 0 Å². The molecule has 78 valence electrons. The van der Waals surface area contributed by atoms with E-state index in [2.05, 4.69) is 0 Å². The predicted molar refractivity (Wildman–Crippen MR) is 60.1 cm³/mol. The van der Waals surface area contributed by atoms with E-state index < -0.39 is 0 Å². The van der Waals surface area contributed by atoms with Crippen LogP contribution in [0.25, 0.3) is 0 Å². The van der Waals surface area contributed by atoms with Gasteiger partial charge in [0.2, 0.25) is 0 Å². The summed E-state index contributed by atoms with van der Waals surface area (Å²) < 4.78 is 5.27. The second kappa shape index (κ2) is 4.67. The number of aryl methyl sites for hydroxylation is 2. The van der Waals surface area contributed by atoms with Crippen LogP contribution in [0.3, 0.4) is 0 Å². The average molecular weight is 214 g/mol. The number of alkyl halides is 1. The van der Waals surface area contributed by atoms with Crippen LogP contribution in [0.2, 0.25) is 0 Å². The van der Waals surface area contributed by atoms with E-state index in [4.69, 9.17) is 22.1 Å². The Bertz CT molecular complexity index is 302. The Balaban J connectivity index is 3.13. The van der Waals surface area contributed by atoms with Gasteiger partial charge in [-0.15, -0.1) is 11.6 Å². The second-order valence-corrected chi connectivity index (χ2v) is 3.76. The minimum Gasteiger partial charge on any atom is -0.496 e. The summed E-state index contributed by atoms with van der Waals surface area (Å²) in [4.78, 5) is 0. The van der Waals surface area contributed by atoms with Crippen molar-refractivity contribution < 1.29 is 4.74 Å². The molecule has 0 aliphatic carbocycles. The smallest absolute Gasteiger partial charge is 0.124 e. The summed E-state index contributed by atoms with van der Waals surface area (Å²) in [6.45, 7) is 4.02. The molecule has 0 aliphatic rings. The van der Waals surface area contributed by atoms with Gasteiger partial charge in [0.25, 0.3) is 0 Å². The lowest BCUT2D eigenvalue weighted by Gasteiger charge is -2.14. The quantitative estimate of drug-likeness (QED) is 0.784. The maximum Gasteiger partial charge on any atom is 0.124 e. The maximum atomic E-state index is 5.85. The lowest BCUT2D eigenvalue weighted by molar-refractivity contribution is 0.408. The number of rotatable bonds is 3. The standard InChI is InChI=1S/C11H16ClNO/c1-7-4-9(10(13)6-12)5-8(2)11(7)14-3/h4-5,10H,6,13H2,1-3H3. The molecule has 1 unspecified atom stereocenters. The van der Waals surface area contributed by atoms with Crippen LogP contribution < -0.4 is 10.5 Å². The highest BCUT2D eigenvalue weighted by atomic mass is 35.5. The number of nitrogens with two attached hydrogens (primary N) is 1. The van der Waals surface area contributed by atoms with E-state index in [1.54, 1.807) is 7.11 Å². The first-order valence-electron chi connectivity index (χ1n) is 4.56. The number of methoxy groups -OCH3 is 1. The minimum atomic E-state index is -0.0972. The lowest BCUT2D eigenvalue weighted by atomic mass is 10.0. The summed E-state index contributed by atoms with van der Waals surface area (Å²) in [5.74, 6) is 1.36. The normalized spacial score (nSPS) is 12.6. The van der Waals surface area contributed by atoms with Gasteiger partial charge in [0.15, 0.2) is 0 Å². The van der Waals surface area contributed by atoms with E-state index >= 15 is 0 Å². The molecule has 14 heavy (non-hydrogen) atoms. The zero-order chi connectivity index (χ0) is 10.7. The van der Waals surface area contributed by atoms with Gasteiger partial charge >= 0.3 is 0 Å². The maximum absolute atomic E-state index is 5.85. The van der Waals surface area contributed by atoms with Crippen LogP contribution in [0.15, 0.2) is 12.1 Å². The van der Waals surface area contributed by atoms with E-state index in [0.29, 0.717) is 5.88 Å². The van der Waals surface area contributed by atoms with Crippen molar-refractivity contribution in [3.63, 3.8) is 0 Å². The fraction of sp³-hybridized carbons (Fsp3) is 0.455. The summed E-state index contributed by atoms with van der Waals surface area (Å²) in [6, 6.07) is 3.96. The highest BCUT2D eigenvalue weighted by Gasteiger charge is 2.09. The first-order valence-corrected chi connectivity index (χ1v) is 5.10. The minimum absolute atomic E-state index is 0.0972. The second-order valence-electron chi connectivity index (χ2n) is 3.45. The Morgan fingerprint density at radius 3 is 2.21 bits per heavy atom. The number of ether oxygens (including phenoxy) is 1. The summed E-state index contributed by atoms with van der Waals surface area (Å²) >= 11 is 5.71. The molecule has 1 aromatic carbocycles. The lowest BCUT2D eigenvalue weighted by Crippen LogP contribution is -2.12.